The number of nitrogens with two attached hydrogens (primary N) is 1. The van der Waals surface area contributed by atoms with Crippen molar-refractivity contribution in [2.75, 3.05) is 23.3 Å². The molecule has 0 saturated carbocycles. The van der Waals surface area contributed by atoms with E-state index in [-0.39, 0.29) is 17.2 Å². The van der Waals surface area contributed by atoms with Gasteiger partial charge in [-0.1, -0.05) is 11.6 Å². The Balaban J connectivity index is 1.75. The van der Waals surface area contributed by atoms with Crippen LogP contribution < -0.4 is 21.5 Å². The van der Waals surface area contributed by atoms with E-state index in [0.29, 0.717) is 23.2 Å². The summed E-state index contributed by atoms with van der Waals surface area (Å²) >= 11 is 6.18. The zero-order chi connectivity index (χ0) is 18.0. The maximum atomic E-state index is 12.2. The van der Waals surface area contributed by atoms with Gasteiger partial charge in [-0.15, -0.1) is 0 Å². The minimum atomic E-state index is -0.573. The SMILES string of the molecule is Cn1ccnc(N2CCCC(Nc3ncc(C(N)=O)cc3Cl)C2)c1=O. The summed E-state index contributed by atoms with van der Waals surface area (Å²) in [5.74, 6) is 0.364. The van der Waals surface area contributed by atoms with Crippen molar-refractivity contribution in [3.63, 3.8) is 0 Å². The standard InChI is InChI=1S/C16H19ClN6O2/c1-22-6-4-19-15(16(22)25)23-5-2-3-11(9-23)21-14-12(17)7-10(8-20-14)13(18)24/h4,6-8,11H,2-3,5,9H2,1H3,(H2,18,24)(H,20,21). The first-order valence-corrected chi connectivity index (χ1v) is 8.32. The van der Waals surface area contributed by atoms with Gasteiger partial charge in [-0.25, -0.2) is 9.97 Å². The van der Waals surface area contributed by atoms with E-state index in [1.54, 1.807) is 19.4 Å². The van der Waals surface area contributed by atoms with Gasteiger partial charge in [0.05, 0.1) is 10.6 Å². The normalized spacial score (nSPS) is 17.4. The molecule has 0 aromatic carbocycles. The minimum Gasteiger partial charge on any atom is -0.366 e. The van der Waals surface area contributed by atoms with Crippen LogP contribution in [0.4, 0.5) is 11.6 Å². The Morgan fingerprint density at radius 1 is 1.44 bits per heavy atom. The molecular weight excluding hydrogens is 344 g/mol. The second kappa shape index (κ2) is 7.10. The average Bonchev–Trinajstić information content (AvgIpc) is 2.59. The first-order chi connectivity index (χ1) is 12.0. The van der Waals surface area contributed by atoms with Gasteiger partial charge in [-0.2, -0.15) is 0 Å². The Morgan fingerprint density at radius 2 is 2.24 bits per heavy atom. The molecule has 0 aliphatic carbocycles. The Hall–Kier alpha value is -2.61. The van der Waals surface area contributed by atoms with Crippen LogP contribution in [0.1, 0.15) is 23.2 Å². The molecule has 0 radical (unpaired) electrons. The second-order valence-corrected chi connectivity index (χ2v) is 6.42. The zero-order valence-corrected chi connectivity index (χ0v) is 14.5. The van der Waals surface area contributed by atoms with Crippen LogP contribution in [0.2, 0.25) is 5.02 Å². The molecule has 1 unspecified atom stereocenters. The summed E-state index contributed by atoms with van der Waals surface area (Å²) in [5, 5.41) is 3.61. The molecule has 3 heterocycles. The van der Waals surface area contributed by atoms with Crippen LogP contribution >= 0.6 is 11.6 Å². The summed E-state index contributed by atoms with van der Waals surface area (Å²) < 4.78 is 1.51. The molecule has 9 heteroatoms. The monoisotopic (exact) mass is 362 g/mol. The smallest absolute Gasteiger partial charge is 0.293 e. The van der Waals surface area contributed by atoms with Gasteiger partial charge in [-0.3, -0.25) is 9.59 Å². The third-order valence-electron chi connectivity index (χ3n) is 4.19. The fraction of sp³-hybridized carbons (Fsp3) is 0.375. The molecule has 3 N–H and O–H groups in total. The molecule has 132 valence electrons. The highest BCUT2D eigenvalue weighted by Crippen LogP contribution is 2.23. The Labute approximate surface area is 149 Å². The average molecular weight is 363 g/mol. The van der Waals surface area contributed by atoms with Gasteiger partial charge >= 0.3 is 0 Å². The lowest BCUT2D eigenvalue weighted by Crippen LogP contribution is -2.45. The molecule has 0 bridgehead atoms. The third-order valence-corrected chi connectivity index (χ3v) is 4.47. The molecule has 0 spiro atoms. The molecule has 3 rings (SSSR count). The molecule has 8 nitrogen and oxygen atoms in total. The lowest BCUT2D eigenvalue weighted by Gasteiger charge is -2.33. The number of rotatable bonds is 4. The van der Waals surface area contributed by atoms with E-state index in [1.807, 2.05) is 4.90 Å². The van der Waals surface area contributed by atoms with Gasteiger partial charge in [0.1, 0.15) is 5.82 Å². The summed E-state index contributed by atoms with van der Waals surface area (Å²) in [6, 6.07) is 1.55. The van der Waals surface area contributed by atoms with Crippen molar-refractivity contribution in [2.24, 2.45) is 12.8 Å². The van der Waals surface area contributed by atoms with E-state index >= 15 is 0 Å². The van der Waals surface area contributed by atoms with Crippen molar-refractivity contribution < 1.29 is 4.79 Å². The molecule has 1 aliphatic rings. The first-order valence-electron chi connectivity index (χ1n) is 7.94. The molecule has 1 fully saturated rings. The number of aryl methyl sites for hydroxylation is 1. The van der Waals surface area contributed by atoms with Crippen molar-refractivity contribution in [1.82, 2.24) is 14.5 Å². The predicted molar refractivity (Wildman–Crippen MR) is 96.1 cm³/mol. The van der Waals surface area contributed by atoms with E-state index in [0.717, 1.165) is 19.4 Å². The maximum Gasteiger partial charge on any atom is 0.293 e. The molecule has 1 saturated heterocycles. The molecule has 1 aliphatic heterocycles. The fourth-order valence-corrected chi connectivity index (χ4v) is 3.08. The van der Waals surface area contributed by atoms with Crippen molar-refractivity contribution in [3.05, 3.63) is 45.6 Å². The predicted octanol–water partition coefficient (Wildman–Crippen LogP) is 1.01. The number of carbonyl (C=O) groups is 1. The van der Waals surface area contributed by atoms with E-state index in [9.17, 15) is 9.59 Å². The van der Waals surface area contributed by atoms with E-state index < -0.39 is 5.91 Å². The number of pyridine rings is 1. The van der Waals surface area contributed by atoms with Crippen LogP contribution in [-0.2, 0) is 7.05 Å². The third kappa shape index (κ3) is 3.74. The number of halogens is 1. The number of hydrogen-bond acceptors (Lipinski definition) is 6. The summed E-state index contributed by atoms with van der Waals surface area (Å²) in [7, 11) is 1.71. The van der Waals surface area contributed by atoms with Gasteiger partial charge in [0.15, 0.2) is 5.82 Å². The van der Waals surface area contributed by atoms with Crippen molar-refractivity contribution in [1.29, 1.82) is 0 Å². The van der Waals surface area contributed by atoms with Gasteiger partial charge in [0.25, 0.3) is 5.56 Å². The zero-order valence-electron chi connectivity index (χ0n) is 13.8. The molecular formula is C16H19ClN6O2. The topological polar surface area (TPSA) is 106 Å². The number of primary amides is 1. The number of carbonyl (C=O) groups excluding carboxylic acids is 1. The highest BCUT2D eigenvalue weighted by atomic mass is 35.5. The number of hydrogen-bond donors (Lipinski definition) is 2. The van der Waals surface area contributed by atoms with Crippen molar-refractivity contribution in [3.8, 4) is 0 Å². The second-order valence-electron chi connectivity index (χ2n) is 6.02. The van der Waals surface area contributed by atoms with Crippen LogP contribution in [0.5, 0.6) is 0 Å². The number of anilines is 2. The number of nitrogens with zero attached hydrogens (tertiary/aromatic N) is 4. The lowest BCUT2D eigenvalue weighted by atomic mass is 10.1. The van der Waals surface area contributed by atoms with Gasteiger partial charge < -0.3 is 20.5 Å². The highest BCUT2D eigenvalue weighted by Gasteiger charge is 2.24. The molecule has 2 aromatic rings. The van der Waals surface area contributed by atoms with Gasteiger partial charge in [-0.05, 0) is 18.9 Å². The minimum absolute atomic E-state index is 0.0601. The van der Waals surface area contributed by atoms with Crippen LogP contribution in [0.3, 0.4) is 0 Å². The maximum absolute atomic E-state index is 12.2. The molecule has 1 atom stereocenters. The van der Waals surface area contributed by atoms with E-state index in [1.165, 1.54) is 16.8 Å². The Bertz CT molecular complexity index is 853. The summed E-state index contributed by atoms with van der Waals surface area (Å²) in [4.78, 5) is 33.8. The van der Waals surface area contributed by atoms with E-state index in [2.05, 4.69) is 15.3 Å². The fourth-order valence-electron chi connectivity index (χ4n) is 2.86. The quantitative estimate of drug-likeness (QED) is 0.840. The molecule has 2 aromatic heterocycles. The van der Waals surface area contributed by atoms with Crippen LogP contribution in [0.15, 0.2) is 29.5 Å². The number of piperidine rings is 1. The number of nitrogens with one attached hydrogen (secondary N) is 1. The number of amides is 1. The lowest BCUT2D eigenvalue weighted by molar-refractivity contribution is 0.1000. The summed E-state index contributed by atoms with van der Waals surface area (Å²) in [6.07, 6.45) is 6.48. The van der Waals surface area contributed by atoms with E-state index in [4.69, 9.17) is 17.3 Å². The van der Waals surface area contributed by atoms with Crippen LogP contribution in [0.25, 0.3) is 0 Å². The van der Waals surface area contributed by atoms with Crippen LogP contribution in [0, 0.1) is 0 Å². The number of aromatic nitrogens is 3. The summed E-state index contributed by atoms with van der Waals surface area (Å²) in [6.45, 7) is 1.38. The van der Waals surface area contributed by atoms with Crippen molar-refractivity contribution in [2.45, 2.75) is 18.9 Å². The molecule has 25 heavy (non-hydrogen) atoms. The molecule has 1 amide bonds. The van der Waals surface area contributed by atoms with Crippen LogP contribution in [-0.4, -0.2) is 39.6 Å². The largest absolute Gasteiger partial charge is 0.366 e. The highest BCUT2D eigenvalue weighted by molar-refractivity contribution is 6.33. The summed E-state index contributed by atoms with van der Waals surface area (Å²) in [5.41, 5.74) is 5.36. The first kappa shape index (κ1) is 17.2. The Morgan fingerprint density at radius 3 is 2.96 bits per heavy atom. The van der Waals surface area contributed by atoms with Gasteiger partial charge in [0.2, 0.25) is 5.91 Å². The Kier molecular flexibility index (Phi) is 4.89. The van der Waals surface area contributed by atoms with Crippen molar-refractivity contribution >= 4 is 29.1 Å². The van der Waals surface area contributed by atoms with Gasteiger partial charge in [0, 0.05) is 44.8 Å².